The molecule has 1 unspecified atom stereocenters. The van der Waals surface area contributed by atoms with E-state index in [1.165, 1.54) is 6.92 Å². The van der Waals surface area contributed by atoms with E-state index in [1.807, 2.05) is 20.8 Å². The molecule has 0 aliphatic carbocycles. The molecule has 0 aromatic heterocycles. The van der Waals surface area contributed by atoms with Crippen LogP contribution in [0.5, 0.6) is 5.75 Å². The number of halogens is 3. The van der Waals surface area contributed by atoms with Gasteiger partial charge in [0.2, 0.25) is 0 Å². The molecule has 3 rings (SSSR count). The lowest BCUT2D eigenvalue weighted by molar-refractivity contribution is -0.203. The molecule has 2 aromatic rings. The van der Waals surface area contributed by atoms with Crippen molar-refractivity contribution in [2.75, 3.05) is 0 Å². The molecule has 1 aliphatic rings. The number of aryl methyl sites for hydroxylation is 2. The molecule has 1 atom stereocenters. The van der Waals surface area contributed by atoms with Crippen molar-refractivity contribution in [3.8, 4) is 5.75 Å². The van der Waals surface area contributed by atoms with Gasteiger partial charge in [0.05, 0.1) is 5.92 Å². The summed E-state index contributed by atoms with van der Waals surface area (Å²) in [4.78, 5) is 0. The summed E-state index contributed by atoms with van der Waals surface area (Å²) in [5.41, 5.74) is 2.28. The van der Waals surface area contributed by atoms with Gasteiger partial charge in [0.1, 0.15) is 0 Å². The molecule has 0 saturated heterocycles. The van der Waals surface area contributed by atoms with Crippen molar-refractivity contribution < 1.29 is 17.9 Å². The fourth-order valence-electron chi connectivity index (χ4n) is 2.62. The minimum atomic E-state index is -3.42. The number of benzene rings is 2. The van der Waals surface area contributed by atoms with Crippen LogP contribution >= 0.6 is 0 Å². The number of fused-ring (bicyclic) bond motifs is 1. The Morgan fingerprint density at radius 1 is 1.00 bits per heavy atom. The minimum absolute atomic E-state index is 0.0581. The van der Waals surface area contributed by atoms with Crippen LogP contribution in [-0.4, -0.2) is 6.11 Å². The molecule has 0 fully saturated rings. The van der Waals surface area contributed by atoms with Crippen LogP contribution in [0.4, 0.5) is 13.2 Å². The van der Waals surface area contributed by atoms with E-state index in [-0.39, 0.29) is 12.2 Å². The van der Waals surface area contributed by atoms with E-state index in [1.54, 1.807) is 36.4 Å². The predicted molar refractivity (Wildman–Crippen MR) is 85.7 cm³/mol. The zero-order chi connectivity index (χ0) is 17.2. The van der Waals surface area contributed by atoms with Crippen LogP contribution in [0.3, 0.4) is 0 Å². The third kappa shape index (κ3) is 3.36. The fraction of sp³-hybridized carbons (Fsp3) is 0.368. The topological polar surface area (TPSA) is 9.23 Å². The standard InChI is InChI=1S/C17H15F3O.C2H6/c1-10-3-6-12(7-4-10)14-9-13-8-5-11(2)15(18)16(13)21-17(14,19)20;1-2/h3-8,14H,9H2,1-2H3;1-2H3. The van der Waals surface area contributed by atoms with Gasteiger partial charge in [-0.2, -0.15) is 8.78 Å². The van der Waals surface area contributed by atoms with Crippen LogP contribution in [0.25, 0.3) is 0 Å². The number of alkyl halides is 2. The first kappa shape index (κ1) is 17.4. The number of rotatable bonds is 1. The second-order valence-electron chi connectivity index (χ2n) is 5.52. The SMILES string of the molecule is CC.Cc1ccc(C2Cc3ccc(C)c(F)c3OC2(F)F)cc1. The van der Waals surface area contributed by atoms with Crippen molar-refractivity contribution in [2.24, 2.45) is 0 Å². The van der Waals surface area contributed by atoms with Gasteiger partial charge in [-0.15, -0.1) is 0 Å². The summed E-state index contributed by atoms with van der Waals surface area (Å²) in [5.74, 6) is -2.12. The normalized spacial score (nSPS) is 18.3. The van der Waals surface area contributed by atoms with Gasteiger partial charge in [-0.25, -0.2) is 4.39 Å². The van der Waals surface area contributed by atoms with E-state index in [2.05, 4.69) is 0 Å². The predicted octanol–water partition coefficient (Wildman–Crippen LogP) is 5.78. The lowest BCUT2D eigenvalue weighted by Crippen LogP contribution is -2.38. The molecule has 124 valence electrons. The molecule has 0 amide bonds. The van der Waals surface area contributed by atoms with Crippen molar-refractivity contribution >= 4 is 0 Å². The zero-order valence-electron chi connectivity index (χ0n) is 13.8. The molecular formula is C19H21F3O. The van der Waals surface area contributed by atoms with Gasteiger partial charge < -0.3 is 4.74 Å². The Labute approximate surface area is 135 Å². The second-order valence-corrected chi connectivity index (χ2v) is 5.52. The Morgan fingerprint density at radius 2 is 1.61 bits per heavy atom. The average molecular weight is 322 g/mol. The zero-order valence-corrected chi connectivity index (χ0v) is 13.8. The minimum Gasteiger partial charge on any atom is -0.429 e. The molecule has 0 radical (unpaired) electrons. The van der Waals surface area contributed by atoms with E-state index in [9.17, 15) is 13.2 Å². The third-order valence-electron chi connectivity index (χ3n) is 3.92. The van der Waals surface area contributed by atoms with Crippen LogP contribution in [0.1, 0.15) is 42.0 Å². The molecule has 2 aromatic carbocycles. The highest BCUT2D eigenvalue weighted by molar-refractivity contribution is 5.43. The highest BCUT2D eigenvalue weighted by Gasteiger charge is 2.48. The van der Waals surface area contributed by atoms with Gasteiger partial charge in [-0.3, -0.25) is 0 Å². The molecule has 0 spiro atoms. The molecule has 0 N–H and O–H groups in total. The number of hydrogen-bond acceptors (Lipinski definition) is 1. The highest BCUT2D eigenvalue weighted by atomic mass is 19.3. The van der Waals surface area contributed by atoms with Gasteiger partial charge in [0.25, 0.3) is 0 Å². The van der Waals surface area contributed by atoms with Crippen molar-refractivity contribution in [3.63, 3.8) is 0 Å². The van der Waals surface area contributed by atoms with Gasteiger partial charge in [0.15, 0.2) is 11.6 Å². The quantitative estimate of drug-likeness (QED) is 0.646. The van der Waals surface area contributed by atoms with Crippen LogP contribution < -0.4 is 4.74 Å². The van der Waals surface area contributed by atoms with E-state index in [4.69, 9.17) is 4.74 Å². The summed E-state index contributed by atoms with van der Waals surface area (Å²) in [6.45, 7) is 7.43. The van der Waals surface area contributed by atoms with Crippen molar-refractivity contribution in [3.05, 3.63) is 64.5 Å². The Morgan fingerprint density at radius 3 is 2.22 bits per heavy atom. The first-order valence-electron chi connectivity index (χ1n) is 7.80. The average Bonchev–Trinajstić information content (AvgIpc) is 2.54. The van der Waals surface area contributed by atoms with E-state index >= 15 is 0 Å². The largest absolute Gasteiger partial charge is 0.429 e. The summed E-state index contributed by atoms with van der Waals surface area (Å²) in [7, 11) is 0. The molecule has 0 saturated carbocycles. The summed E-state index contributed by atoms with van der Waals surface area (Å²) in [6, 6.07) is 10.2. The lowest BCUT2D eigenvalue weighted by Gasteiger charge is -2.33. The Bertz CT molecular complexity index is 678. The third-order valence-corrected chi connectivity index (χ3v) is 3.92. The first-order chi connectivity index (χ1) is 10.9. The van der Waals surface area contributed by atoms with E-state index in [0.717, 1.165) is 5.56 Å². The van der Waals surface area contributed by atoms with Gasteiger partial charge in [-0.1, -0.05) is 55.8 Å². The monoisotopic (exact) mass is 322 g/mol. The number of hydrogen-bond donors (Lipinski definition) is 0. The summed E-state index contributed by atoms with van der Waals surface area (Å²) in [6.07, 6.45) is -3.36. The molecule has 1 nitrogen and oxygen atoms in total. The van der Waals surface area contributed by atoms with Gasteiger partial charge in [-0.05, 0) is 37.0 Å². The van der Waals surface area contributed by atoms with Crippen molar-refractivity contribution in [1.29, 1.82) is 0 Å². The molecule has 4 heteroatoms. The maximum atomic E-state index is 14.3. The fourth-order valence-corrected chi connectivity index (χ4v) is 2.62. The number of ether oxygens (including phenoxy) is 1. The molecule has 0 bridgehead atoms. The Hall–Kier alpha value is -1.97. The molecular weight excluding hydrogens is 301 g/mol. The maximum Gasteiger partial charge on any atom is 0.405 e. The van der Waals surface area contributed by atoms with E-state index in [0.29, 0.717) is 16.7 Å². The highest BCUT2D eigenvalue weighted by Crippen LogP contribution is 2.45. The first-order valence-corrected chi connectivity index (χ1v) is 7.80. The summed E-state index contributed by atoms with van der Waals surface area (Å²) in [5, 5.41) is 0. The summed E-state index contributed by atoms with van der Waals surface area (Å²) < 4.78 is 47.2. The van der Waals surface area contributed by atoms with Gasteiger partial charge in [0, 0.05) is 0 Å². The van der Waals surface area contributed by atoms with Crippen LogP contribution in [0.2, 0.25) is 0 Å². The van der Waals surface area contributed by atoms with Crippen LogP contribution in [0.15, 0.2) is 36.4 Å². The summed E-state index contributed by atoms with van der Waals surface area (Å²) >= 11 is 0. The Kier molecular flexibility index (Phi) is 5.03. The Balaban J connectivity index is 0.000000924. The van der Waals surface area contributed by atoms with Crippen molar-refractivity contribution in [2.45, 2.75) is 46.1 Å². The van der Waals surface area contributed by atoms with Crippen molar-refractivity contribution in [1.82, 2.24) is 0 Å². The lowest BCUT2D eigenvalue weighted by atomic mass is 9.87. The maximum absolute atomic E-state index is 14.3. The molecule has 23 heavy (non-hydrogen) atoms. The van der Waals surface area contributed by atoms with Crippen LogP contribution in [-0.2, 0) is 6.42 Å². The van der Waals surface area contributed by atoms with Crippen LogP contribution in [0, 0.1) is 19.7 Å². The van der Waals surface area contributed by atoms with Gasteiger partial charge >= 0.3 is 6.11 Å². The smallest absolute Gasteiger partial charge is 0.405 e. The second kappa shape index (κ2) is 6.65. The molecule has 1 heterocycles. The molecule has 1 aliphatic heterocycles. The van der Waals surface area contributed by atoms with E-state index < -0.39 is 17.8 Å².